The van der Waals surface area contributed by atoms with E-state index < -0.39 is 5.91 Å². The first kappa shape index (κ1) is 11.3. The summed E-state index contributed by atoms with van der Waals surface area (Å²) in [5.41, 5.74) is 8.19. The maximum absolute atomic E-state index is 11.1. The topological polar surface area (TPSA) is 73.8 Å². The number of benzene rings is 1. The number of aromatic nitrogens is 3. The van der Waals surface area contributed by atoms with Crippen LogP contribution in [0.1, 0.15) is 28.7 Å². The maximum atomic E-state index is 11.1. The highest BCUT2D eigenvalue weighted by molar-refractivity contribution is 5.91. The van der Waals surface area contributed by atoms with E-state index in [1.165, 1.54) is 0 Å². The summed E-state index contributed by atoms with van der Waals surface area (Å²) < 4.78 is 1.65. The average Bonchev–Trinajstić information content (AvgIpc) is 2.71. The summed E-state index contributed by atoms with van der Waals surface area (Å²) >= 11 is 0. The van der Waals surface area contributed by atoms with Gasteiger partial charge in [0.1, 0.15) is 0 Å². The Balaban J connectivity index is 2.57. The molecule has 5 heteroatoms. The van der Waals surface area contributed by atoms with Gasteiger partial charge in [0.25, 0.3) is 5.91 Å². The smallest absolute Gasteiger partial charge is 0.271 e. The molecule has 88 valence electrons. The molecule has 1 amide bonds. The molecule has 0 saturated carbocycles. The van der Waals surface area contributed by atoms with Crippen molar-refractivity contribution in [3.05, 3.63) is 41.2 Å². The van der Waals surface area contributed by atoms with Crippen LogP contribution in [0.25, 0.3) is 5.69 Å². The number of carbonyl (C=O) groups excluding carboxylic acids is 1. The van der Waals surface area contributed by atoms with E-state index in [2.05, 4.69) is 17.2 Å². The fraction of sp³-hybridized carbons (Fsp3) is 0.250. The van der Waals surface area contributed by atoms with Crippen molar-refractivity contribution in [3.63, 3.8) is 0 Å². The van der Waals surface area contributed by atoms with E-state index in [-0.39, 0.29) is 5.69 Å². The molecule has 1 heterocycles. The standard InChI is InChI=1S/C12H14N4O/c1-3-9-6-4-5-7-10(9)16-8(2)11(12(13)17)14-15-16/h4-7H,3H2,1-2H3,(H2,13,17). The molecule has 1 aromatic heterocycles. The van der Waals surface area contributed by atoms with Crippen molar-refractivity contribution in [3.8, 4) is 5.69 Å². The van der Waals surface area contributed by atoms with Crippen molar-refractivity contribution < 1.29 is 4.79 Å². The van der Waals surface area contributed by atoms with Gasteiger partial charge in [0.05, 0.1) is 11.4 Å². The lowest BCUT2D eigenvalue weighted by Crippen LogP contribution is -2.13. The Morgan fingerprint density at radius 3 is 2.71 bits per heavy atom. The maximum Gasteiger partial charge on any atom is 0.271 e. The van der Waals surface area contributed by atoms with Crippen LogP contribution in [-0.4, -0.2) is 20.9 Å². The Labute approximate surface area is 99.2 Å². The highest BCUT2D eigenvalue weighted by atomic mass is 16.1. The van der Waals surface area contributed by atoms with Gasteiger partial charge in [-0.3, -0.25) is 4.79 Å². The summed E-state index contributed by atoms with van der Waals surface area (Å²) in [6, 6.07) is 7.88. The number of carbonyl (C=O) groups is 1. The number of nitrogens with zero attached hydrogens (tertiary/aromatic N) is 3. The highest BCUT2D eigenvalue weighted by Gasteiger charge is 2.15. The molecule has 0 atom stereocenters. The van der Waals surface area contributed by atoms with Gasteiger partial charge in [0.2, 0.25) is 0 Å². The molecule has 5 nitrogen and oxygen atoms in total. The van der Waals surface area contributed by atoms with Gasteiger partial charge in [0, 0.05) is 0 Å². The van der Waals surface area contributed by atoms with Crippen LogP contribution in [0.3, 0.4) is 0 Å². The summed E-state index contributed by atoms with van der Waals surface area (Å²) in [4.78, 5) is 11.1. The number of amides is 1. The van der Waals surface area contributed by atoms with Gasteiger partial charge in [-0.15, -0.1) is 5.10 Å². The van der Waals surface area contributed by atoms with E-state index >= 15 is 0 Å². The minimum atomic E-state index is -0.553. The fourth-order valence-electron chi connectivity index (χ4n) is 1.80. The Bertz CT molecular complexity index is 559. The zero-order valence-corrected chi connectivity index (χ0v) is 9.84. The first-order valence-corrected chi connectivity index (χ1v) is 5.45. The number of aryl methyl sites for hydroxylation is 1. The van der Waals surface area contributed by atoms with E-state index in [0.717, 1.165) is 17.7 Å². The van der Waals surface area contributed by atoms with Gasteiger partial charge in [-0.05, 0) is 25.0 Å². The monoisotopic (exact) mass is 230 g/mol. The first-order chi connectivity index (χ1) is 8.15. The summed E-state index contributed by atoms with van der Waals surface area (Å²) in [6.07, 6.45) is 0.890. The van der Waals surface area contributed by atoms with E-state index in [9.17, 15) is 4.79 Å². The molecule has 0 bridgehead atoms. The zero-order valence-electron chi connectivity index (χ0n) is 9.84. The molecule has 0 saturated heterocycles. The number of primary amides is 1. The second kappa shape index (κ2) is 4.37. The first-order valence-electron chi connectivity index (χ1n) is 5.45. The van der Waals surface area contributed by atoms with Crippen LogP contribution in [0.4, 0.5) is 0 Å². The van der Waals surface area contributed by atoms with Gasteiger partial charge in [0.15, 0.2) is 5.69 Å². The molecule has 0 fully saturated rings. The molecular weight excluding hydrogens is 216 g/mol. The lowest BCUT2D eigenvalue weighted by Gasteiger charge is -2.08. The van der Waals surface area contributed by atoms with E-state index in [0.29, 0.717) is 5.69 Å². The van der Waals surface area contributed by atoms with E-state index in [4.69, 9.17) is 5.73 Å². The van der Waals surface area contributed by atoms with Gasteiger partial charge in [-0.1, -0.05) is 30.3 Å². The third kappa shape index (κ3) is 1.91. The van der Waals surface area contributed by atoms with Gasteiger partial charge < -0.3 is 5.73 Å². The number of hydrogen-bond acceptors (Lipinski definition) is 3. The molecule has 0 radical (unpaired) electrons. The minimum Gasteiger partial charge on any atom is -0.364 e. The molecule has 0 aliphatic rings. The minimum absolute atomic E-state index is 0.218. The van der Waals surface area contributed by atoms with Crippen molar-refractivity contribution >= 4 is 5.91 Å². The second-order valence-corrected chi connectivity index (χ2v) is 3.78. The van der Waals surface area contributed by atoms with Crippen molar-refractivity contribution in [2.45, 2.75) is 20.3 Å². The summed E-state index contributed by atoms with van der Waals surface area (Å²) in [5.74, 6) is -0.553. The van der Waals surface area contributed by atoms with Crippen LogP contribution in [0.5, 0.6) is 0 Å². The lowest BCUT2D eigenvalue weighted by atomic mass is 10.1. The van der Waals surface area contributed by atoms with Crippen LogP contribution in [0.2, 0.25) is 0 Å². The molecule has 0 spiro atoms. The Kier molecular flexibility index (Phi) is 2.91. The molecule has 2 N–H and O–H groups in total. The molecule has 0 aliphatic heterocycles. The number of nitrogens with two attached hydrogens (primary N) is 1. The zero-order chi connectivity index (χ0) is 12.4. The Hall–Kier alpha value is -2.17. The fourth-order valence-corrected chi connectivity index (χ4v) is 1.80. The van der Waals surface area contributed by atoms with E-state index in [1.807, 2.05) is 24.3 Å². The van der Waals surface area contributed by atoms with Crippen LogP contribution in [0, 0.1) is 6.92 Å². The van der Waals surface area contributed by atoms with Crippen molar-refractivity contribution in [2.75, 3.05) is 0 Å². The predicted molar refractivity (Wildman–Crippen MR) is 64.0 cm³/mol. The van der Waals surface area contributed by atoms with Gasteiger partial charge in [-0.2, -0.15) is 0 Å². The van der Waals surface area contributed by atoms with Crippen molar-refractivity contribution in [1.82, 2.24) is 15.0 Å². The Morgan fingerprint density at radius 2 is 2.12 bits per heavy atom. The number of para-hydroxylation sites is 1. The second-order valence-electron chi connectivity index (χ2n) is 3.78. The molecule has 0 unspecified atom stereocenters. The lowest BCUT2D eigenvalue weighted by molar-refractivity contribution is 0.0995. The molecule has 17 heavy (non-hydrogen) atoms. The van der Waals surface area contributed by atoms with E-state index in [1.54, 1.807) is 11.6 Å². The molecule has 0 aliphatic carbocycles. The van der Waals surface area contributed by atoms with Gasteiger partial charge >= 0.3 is 0 Å². The average molecular weight is 230 g/mol. The van der Waals surface area contributed by atoms with Crippen molar-refractivity contribution in [2.24, 2.45) is 5.73 Å². The van der Waals surface area contributed by atoms with Crippen molar-refractivity contribution in [1.29, 1.82) is 0 Å². The summed E-state index contributed by atoms with van der Waals surface area (Å²) in [6.45, 7) is 3.85. The third-order valence-corrected chi connectivity index (χ3v) is 2.73. The quantitative estimate of drug-likeness (QED) is 0.862. The number of rotatable bonds is 3. The van der Waals surface area contributed by atoms with Crippen LogP contribution >= 0.6 is 0 Å². The SMILES string of the molecule is CCc1ccccc1-n1nnc(C(N)=O)c1C. The summed E-state index contributed by atoms with van der Waals surface area (Å²) in [5, 5.41) is 7.79. The highest BCUT2D eigenvalue weighted by Crippen LogP contribution is 2.17. The molecule has 2 aromatic rings. The normalized spacial score (nSPS) is 10.5. The van der Waals surface area contributed by atoms with Crippen LogP contribution < -0.4 is 5.73 Å². The Morgan fingerprint density at radius 1 is 1.41 bits per heavy atom. The molecule has 2 rings (SSSR count). The molecular formula is C12H14N4O. The molecule has 1 aromatic carbocycles. The summed E-state index contributed by atoms with van der Waals surface area (Å²) in [7, 11) is 0. The third-order valence-electron chi connectivity index (χ3n) is 2.73. The largest absolute Gasteiger partial charge is 0.364 e. The van der Waals surface area contributed by atoms with Crippen LogP contribution in [-0.2, 0) is 6.42 Å². The predicted octanol–water partition coefficient (Wildman–Crippen LogP) is 1.24. The number of hydrogen-bond donors (Lipinski definition) is 1. The van der Waals surface area contributed by atoms with Crippen LogP contribution in [0.15, 0.2) is 24.3 Å². The van der Waals surface area contributed by atoms with Gasteiger partial charge in [-0.25, -0.2) is 4.68 Å².